The molecule has 2 aromatic heterocycles. The molecular weight excluding hydrogens is 377 g/mol. The average Bonchev–Trinajstić information content (AvgIpc) is 2.33. The highest BCUT2D eigenvalue weighted by molar-refractivity contribution is 9.10. The zero-order chi connectivity index (χ0) is 14.0. The first-order valence-corrected chi connectivity index (χ1v) is 7.87. The minimum atomic E-state index is -3.74. The lowest BCUT2D eigenvalue weighted by Gasteiger charge is -2.08. The Morgan fingerprint density at radius 1 is 1.21 bits per heavy atom. The summed E-state index contributed by atoms with van der Waals surface area (Å²) in [6.45, 7) is 0. The highest BCUT2D eigenvalue weighted by atomic mass is 79.9. The molecule has 2 rings (SSSR count). The topological polar surface area (TPSA) is 72.0 Å². The molecule has 0 aliphatic heterocycles. The Morgan fingerprint density at radius 3 is 2.58 bits per heavy atom. The van der Waals surface area contributed by atoms with Gasteiger partial charge in [-0.2, -0.15) is 0 Å². The van der Waals surface area contributed by atoms with E-state index < -0.39 is 10.0 Å². The molecule has 9 heteroatoms. The number of rotatable bonds is 3. The molecule has 0 saturated carbocycles. The summed E-state index contributed by atoms with van der Waals surface area (Å²) in [6.07, 6.45) is 2.63. The minimum Gasteiger partial charge on any atom is -0.278 e. The molecule has 0 fully saturated rings. The fraction of sp³-hybridized carbons (Fsp3) is 0. The van der Waals surface area contributed by atoms with Crippen molar-refractivity contribution in [2.75, 3.05) is 4.72 Å². The van der Waals surface area contributed by atoms with Gasteiger partial charge in [0, 0.05) is 6.20 Å². The maximum Gasteiger partial charge on any atom is 0.262 e. The maximum atomic E-state index is 12.1. The molecule has 0 atom stereocenters. The lowest BCUT2D eigenvalue weighted by Crippen LogP contribution is -2.13. The largest absolute Gasteiger partial charge is 0.278 e. The average molecular weight is 383 g/mol. The van der Waals surface area contributed by atoms with Crippen molar-refractivity contribution in [1.29, 1.82) is 0 Å². The molecule has 0 amide bonds. The molecule has 0 saturated heterocycles. The van der Waals surface area contributed by atoms with Gasteiger partial charge in [0.05, 0.1) is 21.3 Å². The summed E-state index contributed by atoms with van der Waals surface area (Å²) < 4.78 is 27.0. The summed E-state index contributed by atoms with van der Waals surface area (Å²) in [4.78, 5) is 7.56. The van der Waals surface area contributed by atoms with Crippen molar-refractivity contribution < 1.29 is 8.42 Å². The van der Waals surface area contributed by atoms with Gasteiger partial charge < -0.3 is 0 Å². The molecule has 0 spiro atoms. The first-order valence-electron chi connectivity index (χ1n) is 4.84. The lowest BCUT2D eigenvalue weighted by molar-refractivity contribution is 0.601. The van der Waals surface area contributed by atoms with Crippen LogP contribution < -0.4 is 4.72 Å². The number of sulfonamides is 1. The molecule has 0 aliphatic rings. The molecule has 19 heavy (non-hydrogen) atoms. The summed E-state index contributed by atoms with van der Waals surface area (Å²) in [6, 6.07) is 4.10. The summed E-state index contributed by atoms with van der Waals surface area (Å²) in [7, 11) is -3.74. The molecule has 1 N–H and O–H groups in total. The van der Waals surface area contributed by atoms with Gasteiger partial charge in [0.1, 0.15) is 10.3 Å². The predicted octanol–water partition coefficient (Wildman–Crippen LogP) is 3.35. The van der Waals surface area contributed by atoms with Crippen molar-refractivity contribution in [3.8, 4) is 0 Å². The molecule has 100 valence electrons. The van der Waals surface area contributed by atoms with Crippen LogP contribution in [0.1, 0.15) is 0 Å². The number of halogens is 3. The normalized spacial score (nSPS) is 11.3. The highest BCUT2D eigenvalue weighted by Gasteiger charge is 2.15. The minimum absolute atomic E-state index is 0.0126. The van der Waals surface area contributed by atoms with Gasteiger partial charge >= 0.3 is 0 Å². The molecule has 0 aliphatic carbocycles. The third-order valence-corrected chi connectivity index (χ3v) is 4.78. The zero-order valence-corrected chi connectivity index (χ0v) is 13.1. The van der Waals surface area contributed by atoms with Gasteiger partial charge in [0.2, 0.25) is 0 Å². The van der Waals surface area contributed by atoms with Crippen molar-refractivity contribution in [2.45, 2.75) is 4.90 Å². The van der Waals surface area contributed by atoms with Gasteiger partial charge in [-0.25, -0.2) is 18.4 Å². The zero-order valence-electron chi connectivity index (χ0n) is 9.14. The number of hydrogen-bond donors (Lipinski definition) is 1. The van der Waals surface area contributed by atoms with E-state index in [0.29, 0.717) is 4.47 Å². The summed E-state index contributed by atoms with van der Waals surface area (Å²) in [5.74, 6) is 0. The van der Waals surface area contributed by atoms with Crippen LogP contribution in [0.15, 0.2) is 40.0 Å². The SMILES string of the molecule is O=S(=O)(Nc1cnc(Cl)c(Br)c1)c1ccnc(Cl)c1. The Balaban J connectivity index is 2.33. The van der Waals surface area contributed by atoms with Crippen molar-refractivity contribution >= 4 is 54.8 Å². The molecule has 0 unspecified atom stereocenters. The Morgan fingerprint density at radius 2 is 1.95 bits per heavy atom. The number of anilines is 1. The first-order chi connectivity index (χ1) is 8.88. The van der Waals surface area contributed by atoms with E-state index >= 15 is 0 Å². The molecule has 2 heterocycles. The van der Waals surface area contributed by atoms with Gasteiger partial charge in [-0.1, -0.05) is 23.2 Å². The smallest absolute Gasteiger partial charge is 0.262 e. The molecular formula is C10H6BrCl2N3O2S. The quantitative estimate of drug-likeness (QED) is 0.826. The standard InChI is InChI=1S/C10H6BrCl2N3O2S/c11-8-3-6(5-15-10(8)13)16-19(17,18)7-1-2-14-9(12)4-7/h1-5,16H. The number of hydrogen-bond acceptors (Lipinski definition) is 4. The highest BCUT2D eigenvalue weighted by Crippen LogP contribution is 2.24. The lowest BCUT2D eigenvalue weighted by atomic mass is 10.4. The van der Waals surface area contributed by atoms with Crippen LogP contribution in [0.2, 0.25) is 10.3 Å². The molecule has 0 bridgehead atoms. The monoisotopic (exact) mass is 381 g/mol. The molecule has 5 nitrogen and oxygen atoms in total. The van der Waals surface area contributed by atoms with Gasteiger partial charge in [0.15, 0.2) is 0 Å². The second-order valence-electron chi connectivity index (χ2n) is 3.42. The number of nitrogens with one attached hydrogen (secondary N) is 1. The fourth-order valence-electron chi connectivity index (χ4n) is 1.24. The van der Waals surface area contributed by atoms with Crippen LogP contribution in [-0.2, 0) is 10.0 Å². The van der Waals surface area contributed by atoms with E-state index in [2.05, 4.69) is 30.6 Å². The van der Waals surface area contributed by atoms with E-state index in [1.165, 1.54) is 30.6 Å². The Bertz CT molecular complexity index is 724. The first kappa shape index (κ1) is 14.5. The third kappa shape index (κ3) is 3.56. The predicted molar refractivity (Wildman–Crippen MR) is 77.0 cm³/mol. The van der Waals surface area contributed by atoms with Gasteiger partial charge in [-0.3, -0.25) is 4.72 Å². The van der Waals surface area contributed by atoms with Crippen LogP contribution in [-0.4, -0.2) is 18.4 Å². The number of aromatic nitrogens is 2. The Kier molecular flexibility index (Phi) is 4.29. The number of nitrogens with zero attached hydrogens (tertiary/aromatic N) is 2. The van der Waals surface area contributed by atoms with Crippen molar-refractivity contribution in [3.05, 3.63) is 45.4 Å². The van der Waals surface area contributed by atoms with E-state index in [9.17, 15) is 8.42 Å². The van der Waals surface area contributed by atoms with Crippen LogP contribution in [0, 0.1) is 0 Å². The Hall–Kier alpha value is -0.890. The van der Waals surface area contributed by atoms with Crippen LogP contribution in [0.5, 0.6) is 0 Å². The molecule has 2 aromatic rings. The second-order valence-corrected chi connectivity index (χ2v) is 6.70. The maximum absolute atomic E-state index is 12.1. The Labute approximate surface area is 128 Å². The van der Waals surface area contributed by atoms with Crippen LogP contribution in [0.3, 0.4) is 0 Å². The van der Waals surface area contributed by atoms with E-state index in [-0.39, 0.29) is 20.9 Å². The second kappa shape index (κ2) is 5.62. The van der Waals surface area contributed by atoms with E-state index in [0.717, 1.165) is 0 Å². The van der Waals surface area contributed by atoms with Gasteiger partial charge in [-0.15, -0.1) is 0 Å². The van der Waals surface area contributed by atoms with Gasteiger partial charge in [-0.05, 0) is 34.1 Å². The van der Waals surface area contributed by atoms with E-state index in [1.54, 1.807) is 0 Å². The van der Waals surface area contributed by atoms with Crippen LogP contribution in [0.4, 0.5) is 5.69 Å². The summed E-state index contributed by atoms with van der Waals surface area (Å²) in [5.41, 5.74) is 0.282. The summed E-state index contributed by atoms with van der Waals surface area (Å²) >= 11 is 14.5. The van der Waals surface area contributed by atoms with Crippen LogP contribution in [0.25, 0.3) is 0 Å². The molecule has 0 aromatic carbocycles. The summed E-state index contributed by atoms with van der Waals surface area (Å²) in [5, 5.41) is 0.341. The van der Waals surface area contributed by atoms with E-state index in [1.807, 2.05) is 0 Å². The fourth-order valence-corrected chi connectivity index (χ4v) is 2.98. The van der Waals surface area contributed by atoms with E-state index in [4.69, 9.17) is 23.2 Å². The number of pyridine rings is 2. The van der Waals surface area contributed by atoms with Crippen LogP contribution >= 0.6 is 39.1 Å². The van der Waals surface area contributed by atoms with Crippen molar-refractivity contribution in [3.63, 3.8) is 0 Å². The third-order valence-electron chi connectivity index (χ3n) is 2.06. The molecule has 0 radical (unpaired) electrons. The van der Waals surface area contributed by atoms with Crippen molar-refractivity contribution in [2.24, 2.45) is 0 Å². The van der Waals surface area contributed by atoms with Gasteiger partial charge in [0.25, 0.3) is 10.0 Å². The van der Waals surface area contributed by atoms with Crippen molar-refractivity contribution in [1.82, 2.24) is 9.97 Å².